The molecule has 39 heavy (non-hydrogen) atoms. The van der Waals surface area contributed by atoms with Crippen LogP contribution in [0, 0.1) is 11.8 Å². The zero-order valence-corrected chi connectivity index (χ0v) is 22.3. The van der Waals surface area contributed by atoms with Crippen LogP contribution in [0.1, 0.15) is 53.4 Å². The number of carboxylic acid groups (broad SMARTS) is 3. The van der Waals surface area contributed by atoms with Crippen LogP contribution in [-0.2, 0) is 33.6 Å². The van der Waals surface area contributed by atoms with Crippen LogP contribution in [-0.4, -0.2) is 98.8 Å². The number of nitrogens with one attached hydrogen (secondary N) is 4. The Morgan fingerprint density at radius 1 is 0.718 bits per heavy atom. The number of rotatable bonds is 18. The summed E-state index contributed by atoms with van der Waals surface area (Å²) in [7, 11) is 0. The van der Waals surface area contributed by atoms with Crippen molar-refractivity contribution in [1.82, 2.24) is 21.3 Å². The van der Waals surface area contributed by atoms with Gasteiger partial charge in [0.15, 0.2) is 0 Å². The summed E-state index contributed by atoms with van der Waals surface area (Å²) in [6.07, 6.45) is -1.31. The zero-order chi connectivity index (χ0) is 30.4. The minimum absolute atomic E-state index is 0.266. The Morgan fingerprint density at radius 2 is 1.21 bits per heavy atom. The lowest BCUT2D eigenvalue weighted by Gasteiger charge is -2.26. The van der Waals surface area contributed by atoms with Gasteiger partial charge in [0, 0.05) is 6.42 Å². The molecule has 0 aliphatic rings. The molecule has 0 fully saturated rings. The SMILES string of the molecule is CC[C@H](C)[C@H](N)C(=O)N[C@@H](CCC(=O)O)C(=O)N[C@@H](CO)C(=O)N[C@@H](CC(=O)O)C(=O)N[C@H](C(=O)O)C(C)C. The van der Waals surface area contributed by atoms with Crippen LogP contribution >= 0.6 is 0 Å². The highest BCUT2D eigenvalue weighted by atomic mass is 16.4. The van der Waals surface area contributed by atoms with Crippen LogP contribution in [0.15, 0.2) is 0 Å². The van der Waals surface area contributed by atoms with Crippen LogP contribution < -0.4 is 27.0 Å². The summed E-state index contributed by atoms with van der Waals surface area (Å²) in [5, 5.41) is 45.7. The Morgan fingerprint density at radius 3 is 1.64 bits per heavy atom. The number of hydrogen-bond donors (Lipinski definition) is 9. The topological polar surface area (TPSA) is 275 Å². The van der Waals surface area contributed by atoms with E-state index in [1.54, 1.807) is 13.8 Å². The molecule has 0 saturated carbocycles. The van der Waals surface area contributed by atoms with Gasteiger partial charge in [-0.05, 0) is 18.3 Å². The number of carbonyl (C=O) groups excluding carboxylic acids is 4. The summed E-state index contributed by atoms with van der Waals surface area (Å²) < 4.78 is 0. The molecular formula is C23H39N5O11. The number of nitrogens with two attached hydrogens (primary N) is 1. The molecule has 0 aromatic carbocycles. The summed E-state index contributed by atoms with van der Waals surface area (Å²) in [6.45, 7) is 5.47. The molecule has 222 valence electrons. The minimum Gasteiger partial charge on any atom is -0.481 e. The molecule has 16 nitrogen and oxygen atoms in total. The van der Waals surface area contributed by atoms with Gasteiger partial charge in [0.2, 0.25) is 23.6 Å². The number of aliphatic carboxylic acids is 3. The molecule has 0 saturated heterocycles. The highest BCUT2D eigenvalue weighted by molar-refractivity contribution is 5.96. The summed E-state index contributed by atoms with van der Waals surface area (Å²) in [5.41, 5.74) is 5.86. The van der Waals surface area contributed by atoms with Crippen molar-refractivity contribution in [3.63, 3.8) is 0 Å². The molecule has 10 N–H and O–H groups in total. The molecule has 0 spiro atoms. The predicted molar refractivity (Wildman–Crippen MR) is 134 cm³/mol. The maximum absolute atomic E-state index is 12.8. The molecule has 0 aromatic rings. The van der Waals surface area contributed by atoms with Crippen molar-refractivity contribution in [1.29, 1.82) is 0 Å². The van der Waals surface area contributed by atoms with Gasteiger partial charge in [-0.3, -0.25) is 28.8 Å². The van der Waals surface area contributed by atoms with E-state index in [0.29, 0.717) is 6.42 Å². The molecule has 0 radical (unpaired) electrons. The van der Waals surface area contributed by atoms with Gasteiger partial charge in [-0.15, -0.1) is 0 Å². The van der Waals surface area contributed by atoms with Crippen molar-refractivity contribution in [2.75, 3.05) is 6.61 Å². The van der Waals surface area contributed by atoms with E-state index in [9.17, 15) is 43.8 Å². The minimum atomic E-state index is -1.77. The molecule has 0 aliphatic heterocycles. The maximum Gasteiger partial charge on any atom is 0.326 e. The van der Waals surface area contributed by atoms with Gasteiger partial charge in [-0.2, -0.15) is 0 Å². The van der Waals surface area contributed by atoms with Gasteiger partial charge in [-0.1, -0.05) is 34.1 Å². The predicted octanol–water partition coefficient (Wildman–Crippen LogP) is -2.63. The number of hydrogen-bond acceptors (Lipinski definition) is 9. The largest absolute Gasteiger partial charge is 0.481 e. The molecule has 0 bridgehead atoms. The van der Waals surface area contributed by atoms with Gasteiger partial charge in [0.1, 0.15) is 24.2 Å². The van der Waals surface area contributed by atoms with E-state index >= 15 is 0 Å². The van der Waals surface area contributed by atoms with Gasteiger partial charge in [0.05, 0.1) is 19.1 Å². The second-order valence-corrected chi connectivity index (χ2v) is 9.38. The molecule has 4 amide bonds. The Bertz CT molecular complexity index is 911. The summed E-state index contributed by atoms with van der Waals surface area (Å²) in [6, 6.07) is -7.36. The number of carboxylic acids is 3. The average molecular weight is 562 g/mol. The smallest absolute Gasteiger partial charge is 0.326 e. The fraction of sp³-hybridized carbons (Fsp3) is 0.696. The third kappa shape index (κ3) is 12.5. The normalized spacial score (nSPS) is 15.6. The second kappa shape index (κ2) is 16.9. The highest BCUT2D eigenvalue weighted by Gasteiger charge is 2.33. The Hall–Kier alpha value is -3.79. The molecule has 0 heterocycles. The van der Waals surface area contributed by atoms with Crippen molar-refractivity contribution in [3.8, 4) is 0 Å². The fourth-order valence-electron chi connectivity index (χ4n) is 3.21. The van der Waals surface area contributed by atoms with Gasteiger partial charge < -0.3 is 47.4 Å². The lowest BCUT2D eigenvalue weighted by Crippen LogP contribution is -2.60. The Kier molecular flexibility index (Phi) is 15.3. The van der Waals surface area contributed by atoms with Crippen molar-refractivity contribution in [2.45, 2.75) is 83.6 Å². The van der Waals surface area contributed by atoms with Crippen molar-refractivity contribution in [2.24, 2.45) is 17.6 Å². The molecular weight excluding hydrogens is 522 g/mol. The van der Waals surface area contributed by atoms with Crippen LogP contribution in [0.3, 0.4) is 0 Å². The first-order chi connectivity index (χ1) is 18.0. The van der Waals surface area contributed by atoms with Crippen molar-refractivity contribution in [3.05, 3.63) is 0 Å². The van der Waals surface area contributed by atoms with Crippen LogP contribution in [0.5, 0.6) is 0 Å². The first-order valence-corrected chi connectivity index (χ1v) is 12.3. The standard InChI is InChI=1S/C23H39N5O11/c1-5-11(4)17(24)22(37)25-12(6-7-15(30)31)19(34)27-14(9-29)21(36)26-13(8-16(32)33)20(35)28-18(10(2)3)23(38)39/h10-14,17-18,29H,5-9,24H2,1-4H3,(H,25,37)(H,26,36)(H,27,34)(H,28,35)(H,30,31)(H,32,33)(H,38,39)/t11-,12-,13-,14-,17-,18-/m0/s1. The quantitative estimate of drug-likeness (QED) is 0.0831. The molecule has 0 aliphatic carbocycles. The van der Waals surface area contributed by atoms with E-state index in [1.165, 1.54) is 13.8 Å². The average Bonchev–Trinajstić information content (AvgIpc) is 2.85. The fourth-order valence-corrected chi connectivity index (χ4v) is 3.21. The van der Waals surface area contributed by atoms with Gasteiger partial charge in [0.25, 0.3) is 0 Å². The number of carbonyl (C=O) groups is 7. The highest BCUT2D eigenvalue weighted by Crippen LogP contribution is 2.08. The van der Waals surface area contributed by atoms with Crippen LogP contribution in [0.25, 0.3) is 0 Å². The monoisotopic (exact) mass is 561 g/mol. The lowest BCUT2D eigenvalue weighted by atomic mass is 9.98. The number of aliphatic hydroxyl groups excluding tert-OH is 1. The summed E-state index contributed by atoms with van der Waals surface area (Å²) >= 11 is 0. The third-order valence-corrected chi connectivity index (χ3v) is 5.90. The van der Waals surface area contributed by atoms with E-state index in [1.807, 2.05) is 0 Å². The van der Waals surface area contributed by atoms with E-state index in [0.717, 1.165) is 0 Å². The van der Waals surface area contributed by atoms with Gasteiger partial charge >= 0.3 is 17.9 Å². The Labute approximate surface area is 225 Å². The van der Waals surface area contributed by atoms with Crippen LogP contribution in [0.2, 0.25) is 0 Å². The molecule has 0 unspecified atom stereocenters. The third-order valence-electron chi connectivity index (χ3n) is 5.90. The second-order valence-electron chi connectivity index (χ2n) is 9.38. The summed E-state index contributed by atoms with van der Waals surface area (Å²) in [5.74, 6) is -9.11. The maximum atomic E-state index is 12.8. The zero-order valence-electron chi connectivity index (χ0n) is 22.3. The van der Waals surface area contributed by atoms with Crippen molar-refractivity contribution < 1.29 is 54.0 Å². The summed E-state index contributed by atoms with van der Waals surface area (Å²) in [4.78, 5) is 84.2. The van der Waals surface area contributed by atoms with Gasteiger partial charge in [-0.25, -0.2) is 4.79 Å². The first kappa shape index (κ1) is 35.2. The van der Waals surface area contributed by atoms with Crippen LogP contribution in [0.4, 0.5) is 0 Å². The molecule has 6 atom stereocenters. The lowest BCUT2D eigenvalue weighted by molar-refractivity contribution is -0.144. The van der Waals surface area contributed by atoms with E-state index < -0.39 is 97.1 Å². The number of aliphatic hydroxyl groups is 1. The molecule has 16 heteroatoms. The first-order valence-electron chi connectivity index (χ1n) is 12.3. The van der Waals surface area contributed by atoms with E-state index in [2.05, 4.69) is 21.3 Å². The Balaban J connectivity index is 5.68. The molecule has 0 rings (SSSR count). The molecule has 0 aromatic heterocycles. The number of amides is 4. The van der Waals surface area contributed by atoms with E-state index in [4.69, 9.17) is 15.9 Å². The van der Waals surface area contributed by atoms with E-state index in [-0.39, 0.29) is 12.3 Å². The van der Waals surface area contributed by atoms with Crippen molar-refractivity contribution >= 4 is 41.5 Å².